The fourth-order valence-electron chi connectivity index (χ4n) is 4.26. The molecule has 0 spiro atoms. The molecule has 0 bridgehead atoms. The van der Waals surface area contributed by atoms with Crippen LogP contribution in [0.3, 0.4) is 0 Å². The van der Waals surface area contributed by atoms with Gasteiger partial charge in [-0.25, -0.2) is 9.97 Å². The van der Waals surface area contributed by atoms with Crippen LogP contribution in [0.25, 0.3) is 0 Å². The Labute approximate surface area is 176 Å². The Morgan fingerprint density at radius 1 is 1.06 bits per heavy atom. The number of hydrogen-bond acceptors (Lipinski definition) is 5. The topological polar surface area (TPSA) is 58.6 Å². The Balaban J connectivity index is 1.45. The van der Waals surface area contributed by atoms with E-state index in [-0.39, 0.29) is 17.4 Å². The Kier molecular flexibility index (Phi) is 5.49. The zero-order chi connectivity index (χ0) is 22.3. The molecule has 0 N–H and O–H groups in total. The molecule has 2 aliphatic rings. The minimum atomic E-state index is -4.68. The number of anilines is 1. The molecule has 2 fully saturated rings. The molecule has 31 heavy (non-hydrogen) atoms. The average Bonchev–Trinajstić information content (AvgIpc) is 3.26. The molecule has 0 aliphatic carbocycles. The summed E-state index contributed by atoms with van der Waals surface area (Å²) in [4.78, 5) is 25.6. The quantitative estimate of drug-likeness (QED) is 0.669. The van der Waals surface area contributed by atoms with Crippen LogP contribution >= 0.6 is 0 Å². The first-order chi connectivity index (χ1) is 14.6. The van der Waals surface area contributed by atoms with Crippen molar-refractivity contribution in [3.8, 4) is 5.75 Å². The maximum absolute atomic E-state index is 13.4. The average molecular weight is 438 g/mol. The molecule has 1 amide bonds. The predicted molar refractivity (Wildman–Crippen MR) is 105 cm³/mol. The molecule has 2 atom stereocenters. The van der Waals surface area contributed by atoms with Gasteiger partial charge < -0.3 is 14.5 Å². The van der Waals surface area contributed by atoms with Gasteiger partial charge in [0.15, 0.2) is 0 Å². The lowest BCUT2D eigenvalue weighted by Crippen LogP contribution is -2.36. The van der Waals surface area contributed by atoms with Crippen molar-refractivity contribution in [2.24, 2.45) is 11.8 Å². The lowest BCUT2D eigenvalue weighted by molar-refractivity contribution is -0.253. The molecule has 0 radical (unpaired) electrons. The molecule has 166 valence electrons. The lowest BCUT2D eigenvalue weighted by Gasteiger charge is -2.24. The van der Waals surface area contributed by atoms with Crippen molar-refractivity contribution in [1.82, 2.24) is 14.9 Å². The number of ether oxygens (including phenoxy) is 1. The van der Waals surface area contributed by atoms with Gasteiger partial charge in [-0.1, -0.05) is 12.1 Å². The second-order valence-corrected chi connectivity index (χ2v) is 8.05. The van der Waals surface area contributed by atoms with Crippen molar-refractivity contribution < 1.29 is 27.1 Å². The number of hydrogen-bond donors (Lipinski definition) is 0. The van der Waals surface area contributed by atoms with E-state index in [1.165, 1.54) is 18.2 Å². The van der Waals surface area contributed by atoms with E-state index in [9.17, 15) is 22.4 Å². The highest BCUT2D eigenvalue weighted by atomic mass is 19.3. The third-order valence-electron chi connectivity index (χ3n) is 5.64. The van der Waals surface area contributed by atoms with Crippen molar-refractivity contribution in [1.29, 1.82) is 0 Å². The zero-order valence-corrected chi connectivity index (χ0v) is 17.1. The van der Waals surface area contributed by atoms with Crippen LogP contribution in [0.15, 0.2) is 30.3 Å². The summed E-state index contributed by atoms with van der Waals surface area (Å²) in [6.07, 6.45) is -8.68. The van der Waals surface area contributed by atoms with E-state index in [4.69, 9.17) is 0 Å². The van der Waals surface area contributed by atoms with E-state index < -0.39 is 24.2 Å². The van der Waals surface area contributed by atoms with Gasteiger partial charge >= 0.3 is 12.5 Å². The Bertz CT molecular complexity index is 953. The predicted octanol–water partition coefficient (Wildman–Crippen LogP) is 3.54. The number of aromatic nitrogens is 2. The van der Waals surface area contributed by atoms with Crippen molar-refractivity contribution in [3.05, 3.63) is 47.3 Å². The smallest absolute Gasteiger partial charge is 0.427 e. The van der Waals surface area contributed by atoms with Gasteiger partial charge in [-0.3, -0.25) is 4.79 Å². The molecule has 0 saturated carbocycles. The third-order valence-corrected chi connectivity index (χ3v) is 5.64. The van der Waals surface area contributed by atoms with Gasteiger partial charge in [0, 0.05) is 49.4 Å². The summed E-state index contributed by atoms with van der Waals surface area (Å²) >= 11 is 0. The number of halogens is 4. The number of likely N-dealkylation sites (tertiary alicyclic amines) is 1. The molecule has 2 aromatic rings. The molecule has 2 aliphatic heterocycles. The number of fused-ring (bicyclic) bond motifs is 1. The van der Waals surface area contributed by atoms with Crippen LogP contribution in [0.5, 0.6) is 5.75 Å². The van der Waals surface area contributed by atoms with Crippen LogP contribution in [0.2, 0.25) is 0 Å². The summed E-state index contributed by atoms with van der Waals surface area (Å²) < 4.78 is 56.0. The molecule has 10 heteroatoms. The SMILES string of the molecule is Cc1cc(C)nc(N2C[C@H]3CN(C(=O)c4ccccc4OC(F)(F)C(F)F)C[C@H]3C2)n1. The monoisotopic (exact) mass is 438 g/mol. The summed E-state index contributed by atoms with van der Waals surface area (Å²) in [7, 11) is 0. The number of carbonyl (C=O) groups is 1. The third kappa shape index (κ3) is 4.28. The van der Waals surface area contributed by atoms with Crippen LogP contribution in [-0.4, -0.2) is 59.5 Å². The van der Waals surface area contributed by atoms with E-state index in [2.05, 4.69) is 19.6 Å². The first-order valence-electron chi connectivity index (χ1n) is 9.94. The van der Waals surface area contributed by atoms with E-state index >= 15 is 0 Å². The lowest BCUT2D eigenvalue weighted by atomic mass is 10.0. The normalized spacial score (nSPS) is 21.0. The Hall–Kier alpha value is -2.91. The molecule has 3 heterocycles. The van der Waals surface area contributed by atoms with E-state index in [1.54, 1.807) is 4.90 Å². The van der Waals surface area contributed by atoms with Crippen molar-refractivity contribution in [2.45, 2.75) is 26.4 Å². The molecule has 1 aromatic carbocycles. The van der Waals surface area contributed by atoms with Crippen molar-refractivity contribution in [2.75, 3.05) is 31.1 Å². The number of carbonyl (C=O) groups excluding carboxylic acids is 1. The summed E-state index contributed by atoms with van der Waals surface area (Å²) in [5, 5.41) is 0. The number of para-hydroxylation sites is 1. The van der Waals surface area contributed by atoms with Crippen LogP contribution in [-0.2, 0) is 0 Å². The molecule has 6 nitrogen and oxygen atoms in total. The largest absolute Gasteiger partial charge is 0.461 e. The summed E-state index contributed by atoms with van der Waals surface area (Å²) in [5.41, 5.74) is 1.61. The second-order valence-electron chi connectivity index (χ2n) is 8.05. The van der Waals surface area contributed by atoms with Gasteiger partial charge in [-0.2, -0.15) is 17.6 Å². The summed E-state index contributed by atoms with van der Waals surface area (Å²) in [6.45, 7) is 6.05. The number of nitrogens with zero attached hydrogens (tertiary/aromatic N) is 4. The number of amides is 1. The fraction of sp³-hybridized carbons (Fsp3) is 0.476. The fourth-order valence-corrected chi connectivity index (χ4v) is 4.26. The van der Waals surface area contributed by atoms with Gasteiger partial charge in [-0.05, 0) is 32.0 Å². The highest BCUT2D eigenvalue weighted by Crippen LogP contribution is 2.35. The number of rotatable bonds is 5. The van der Waals surface area contributed by atoms with E-state index in [0.29, 0.717) is 32.1 Å². The number of benzene rings is 1. The molecule has 0 unspecified atom stereocenters. The van der Waals surface area contributed by atoms with Crippen LogP contribution in [0.4, 0.5) is 23.5 Å². The second kappa shape index (κ2) is 7.97. The Morgan fingerprint density at radius 2 is 1.65 bits per heavy atom. The van der Waals surface area contributed by atoms with Gasteiger partial charge in [-0.15, -0.1) is 0 Å². The standard InChI is InChI=1S/C21H22F4N4O2/c1-12-7-13(2)27-20(26-12)29-10-14-8-28(9-15(14)11-29)18(30)16-5-3-4-6-17(16)31-21(24,25)19(22)23/h3-7,14-15,19H,8-11H2,1-2H3/t14-,15+. The van der Waals surface area contributed by atoms with E-state index in [1.807, 2.05) is 19.9 Å². The van der Waals surface area contributed by atoms with Gasteiger partial charge in [0.1, 0.15) is 5.75 Å². The molecule has 2 saturated heterocycles. The molecular formula is C21H22F4N4O2. The first kappa shape index (κ1) is 21.3. The van der Waals surface area contributed by atoms with Crippen LogP contribution < -0.4 is 9.64 Å². The number of aryl methyl sites for hydroxylation is 2. The molecular weight excluding hydrogens is 416 g/mol. The minimum Gasteiger partial charge on any atom is -0.427 e. The molecule has 1 aromatic heterocycles. The molecule has 4 rings (SSSR count). The van der Waals surface area contributed by atoms with Gasteiger partial charge in [0.05, 0.1) is 5.56 Å². The van der Waals surface area contributed by atoms with Crippen LogP contribution in [0, 0.1) is 25.7 Å². The van der Waals surface area contributed by atoms with Crippen molar-refractivity contribution in [3.63, 3.8) is 0 Å². The highest BCUT2D eigenvalue weighted by molar-refractivity contribution is 5.97. The summed E-state index contributed by atoms with van der Waals surface area (Å²) in [5.74, 6) is -0.0324. The van der Waals surface area contributed by atoms with Crippen molar-refractivity contribution >= 4 is 11.9 Å². The van der Waals surface area contributed by atoms with Crippen LogP contribution in [0.1, 0.15) is 21.7 Å². The maximum Gasteiger partial charge on any atom is 0.461 e. The highest BCUT2D eigenvalue weighted by Gasteiger charge is 2.46. The minimum absolute atomic E-state index is 0.155. The van der Waals surface area contributed by atoms with Gasteiger partial charge in [0.2, 0.25) is 5.95 Å². The first-order valence-corrected chi connectivity index (χ1v) is 9.94. The van der Waals surface area contributed by atoms with E-state index in [0.717, 1.165) is 17.5 Å². The number of alkyl halides is 4. The van der Waals surface area contributed by atoms with Gasteiger partial charge in [0.25, 0.3) is 5.91 Å². The zero-order valence-electron chi connectivity index (χ0n) is 17.1. The maximum atomic E-state index is 13.4. The Morgan fingerprint density at radius 3 is 2.23 bits per heavy atom. The summed E-state index contributed by atoms with van der Waals surface area (Å²) in [6, 6.07) is 7.14.